The number of phenols is 1. The van der Waals surface area contributed by atoms with Crippen LogP contribution in [0.1, 0.15) is 56.2 Å². The van der Waals surface area contributed by atoms with Gasteiger partial charge in [0.1, 0.15) is 22.9 Å². The van der Waals surface area contributed by atoms with Crippen LogP contribution >= 0.6 is 0 Å². The van der Waals surface area contributed by atoms with Crippen molar-refractivity contribution in [2.24, 2.45) is 0 Å². The third-order valence-corrected chi connectivity index (χ3v) is 6.62. The van der Waals surface area contributed by atoms with E-state index in [4.69, 9.17) is 11.2 Å². The van der Waals surface area contributed by atoms with Gasteiger partial charge in [0, 0.05) is 13.1 Å². The Morgan fingerprint density at radius 1 is 1.09 bits per heavy atom. The van der Waals surface area contributed by atoms with Crippen molar-refractivity contribution < 1.29 is 14.2 Å². The van der Waals surface area contributed by atoms with Crippen molar-refractivity contribution >= 4 is 5.57 Å². The van der Waals surface area contributed by atoms with Crippen LogP contribution in [0, 0.1) is 18.2 Å². The number of benzene rings is 2. The Balaban J connectivity index is 1.43. The first kappa shape index (κ1) is 22.4. The topological polar surface area (TPSA) is 32.7 Å². The molecule has 0 fully saturated rings. The number of halogens is 1. The van der Waals surface area contributed by atoms with Crippen molar-refractivity contribution in [3.05, 3.63) is 64.5 Å². The second-order valence-corrected chi connectivity index (χ2v) is 9.41. The van der Waals surface area contributed by atoms with Crippen LogP contribution in [0.25, 0.3) is 5.57 Å². The van der Waals surface area contributed by atoms with E-state index in [-0.39, 0.29) is 11.4 Å². The number of ether oxygens (including phenoxy) is 1. The lowest BCUT2D eigenvalue weighted by atomic mass is 9.81. The molecule has 0 saturated carbocycles. The number of phenolic OH excluding ortho intramolecular Hbond substituents is 1. The Morgan fingerprint density at radius 3 is 2.53 bits per heavy atom. The predicted octanol–water partition coefficient (Wildman–Crippen LogP) is 5.75. The van der Waals surface area contributed by atoms with Crippen LogP contribution in [0.3, 0.4) is 0 Å². The van der Waals surface area contributed by atoms with E-state index in [1.807, 2.05) is 18.2 Å². The first-order valence-electron chi connectivity index (χ1n) is 11.6. The zero-order valence-electron chi connectivity index (χ0n) is 19.1. The maximum atomic E-state index is 13.0. The molecule has 2 aliphatic rings. The summed E-state index contributed by atoms with van der Waals surface area (Å²) in [4.78, 5) is 2.25. The van der Waals surface area contributed by atoms with E-state index < -0.39 is 0 Å². The van der Waals surface area contributed by atoms with Gasteiger partial charge < -0.3 is 9.84 Å². The van der Waals surface area contributed by atoms with Gasteiger partial charge in [0.25, 0.3) is 0 Å². The van der Waals surface area contributed by atoms with Crippen LogP contribution < -0.4 is 4.74 Å². The highest BCUT2D eigenvalue weighted by molar-refractivity contribution is 5.82. The lowest BCUT2D eigenvalue weighted by Gasteiger charge is -2.42. The molecule has 3 nitrogen and oxygen atoms in total. The Morgan fingerprint density at radius 2 is 1.81 bits per heavy atom. The van der Waals surface area contributed by atoms with Crippen molar-refractivity contribution in [3.8, 4) is 23.8 Å². The molecule has 2 aliphatic heterocycles. The van der Waals surface area contributed by atoms with E-state index in [2.05, 4.69) is 30.7 Å². The van der Waals surface area contributed by atoms with Crippen LogP contribution in [0.15, 0.2) is 42.0 Å². The van der Waals surface area contributed by atoms with Gasteiger partial charge in [-0.3, -0.25) is 4.90 Å². The summed E-state index contributed by atoms with van der Waals surface area (Å²) in [5, 5.41) is 10.9. The van der Waals surface area contributed by atoms with E-state index in [1.165, 1.54) is 28.8 Å². The summed E-state index contributed by atoms with van der Waals surface area (Å²) in [5.41, 5.74) is 5.15. The molecule has 0 aromatic heterocycles. The third kappa shape index (κ3) is 4.84. The van der Waals surface area contributed by atoms with E-state index in [9.17, 15) is 9.50 Å². The maximum Gasteiger partial charge on any atom is 0.132 e. The summed E-state index contributed by atoms with van der Waals surface area (Å²) in [7, 11) is 0. The smallest absolute Gasteiger partial charge is 0.132 e. The van der Waals surface area contributed by atoms with Gasteiger partial charge in [0.15, 0.2) is 0 Å². The van der Waals surface area contributed by atoms with Crippen molar-refractivity contribution in [1.29, 1.82) is 0 Å². The van der Waals surface area contributed by atoms with Crippen molar-refractivity contribution in [1.82, 2.24) is 4.90 Å². The van der Waals surface area contributed by atoms with Crippen molar-refractivity contribution in [2.75, 3.05) is 19.6 Å². The van der Waals surface area contributed by atoms with Crippen LogP contribution in [-0.4, -0.2) is 35.2 Å². The molecule has 0 spiro atoms. The molecule has 0 amide bonds. The fourth-order valence-corrected chi connectivity index (χ4v) is 4.98. The molecule has 0 bridgehead atoms. The minimum Gasteiger partial charge on any atom is -0.507 e. The monoisotopic (exact) mass is 433 g/mol. The molecule has 4 rings (SSSR count). The van der Waals surface area contributed by atoms with Crippen molar-refractivity contribution in [2.45, 2.75) is 58.0 Å². The molecule has 0 radical (unpaired) electrons. The molecular weight excluding hydrogens is 401 g/mol. The summed E-state index contributed by atoms with van der Waals surface area (Å²) in [5.74, 6) is 3.63. The van der Waals surface area contributed by atoms with Gasteiger partial charge in [-0.25, -0.2) is 4.39 Å². The van der Waals surface area contributed by atoms with Gasteiger partial charge in [-0.2, -0.15) is 0 Å². The van der Waals surface area contributed by atoms with E-state index in [0.717, 1.165) is 68.5 Å². The Labute approximate surface area is 190 Å². The van der Waals surface area contributed by atoms with E-state index in [1.54, 1.807) is 0 Å². The molecule has 0 unspecified atom stereocenters. The van der Waals surface area contributed by atoms with Gasteiger partial charge in [-0.05, 0) is 92.5 Å². The number of rotatable bonds is 7. The second kappa shape index (κ2) is 9.38. The molecule has 2 heterocycles. The quantitative estimate of drug-likeness (QED) is 0.446. The fourth-order valence-electron chi connectivity index (χ4n) is 4.98. The number of hydrogen-bond acceptors (Lipinski definition) is 3. The molecule has 2 aromatic carbocycles. The minimum absolute atomic E-state index is 0.189. The van der Waals surface area contributed by atoms with Gasteiger partial charge in [-0.1, -0.05) is 24.5 Å². The summed E-state index contributed by atoms with van der Waals surface area (Å²) in [6.07, 6.45) is 11.5. The second-order valence-electron chi connectivity index (χ2n) is 9.41. The average Bonchev–Trinajstić information content (AvgIpc) is 2.74. The number of terminal acetylenes is 1. The average molecular weight is 434 g/mol. The van der Waals surface area contributed by atoms with E-state index in [0.29, 0.717) is 12.3 Å². The van der Waals surface area contributed by atoms with Crippen LogP contribution in [0.4, 0.5) is 4.39 Å². The Kier molecular flexibility index (Phi) is 6.58. The third-order valence-electron chi connectivity index (χ3n) is 6.62. The molecule has 2 aromatic rings. The lowest BCUT2D eigenvalue weighted by molar-refractivity contribution is 0.131. The first-order valence-corrected chi connectivity index (χ1v) is 11.6. The number of nitrogens with zero attached hydrogens (tertiary/aromatic N) is 1. The standard InChI is InChI=1S/C28H32FNO2/c1-4-15-30-16-14-24-23(19-30)27-25(31)17-21(18-26(27)32-28(24,2)3)9-7-5-6-8-20-10-12-22(29)13-11-20/h1,10-13,17-18,31H,5-9,14-16,19H2,2-3H3. The fraction of sp³-hybridized carbons (Fsp3) is 0.429. The molecule has 0 aliphatic carbocycles. The Bertz CT molecular complexity index is 1050. The molecule has 168 valence electrons. The number of aromatic hydroxyl groups is 1. The molecular formula is C28H32FNO2. The molecule has 1 N–H and O–H groups in total. The molecule has 32 heavy (non-hydrogen) atoms. The summed E-state index contributed by atoms with van der Waals surface area (Å²) in [6.45, 7) is 6.50. The van der Waals surface area contributed by atoms with Gasteiger partial charge in [-0.15, -0.1) is 6.42 Å². The van der Waals surface area contributed by atoms with Gasteiger partial charge in [0.2, 0.25) is 0 Å². The number of hydrogen-bond donors (Lipinski definition) is 1. The minimum atomic E-state index is -0.384. The predicted molar refractivity (Wildman–Crippen MR) is 127 cm³/mol. The highest BCUT2D eigenvalue weighted by Gasteiger charge is 2.38. The van der Waals surface area contributed by atoms with Crippen LogP contribution in [0.5, 0.6) is 11.5 Å². The first-order chi connectivity index (χ1) is 15.4. The highest BCUT2D eigenvalue weighted by atomic mass is 19.1. The lowest BCUT2D eigenvalue weighted by Crippen LogP contribution is -2.42. The highest BCUT2D eigenvalue weighted by Crippen LogP contribution is 2.48. The number of unbranched alkanes of at least 4 members (excludes halogenated alkanes) is 2. The normalized spacial score (nSPS) is 17.3. The molecule has 0 saturated heterocycles. The van der Waals surface area contributed by atoms with Crippen LogP contribution in [0.2, 0.25) is 0 Å². The van der Waals surface area contributed by atoms with Crippen LogP contribution in [-0.2, 0) is 12.8 Å². The van der Waals surface area contributed by atoms with Gasteiger partial charge in [0.05, 0.1) is 12.1 Å². The summed E-state index contributed by atoms with van der Waals surface area (Å²) < 4.78 is 19.4. The van der Waals surface area contributed by atoms with Crippen molar-refractivity contribution in [3.63, 3.8) is 0 Å². The van der Waals surface area contributed by atoms with E-state index >= 15 is 0 Å². The SMILES string of the molecule is C#CCN1CCC2=C(C1)c1c(O)cc(CCCCCc3ccc(F)cc3)cc1OC2(C)C. The Hall–Kier alpha value is -2.77. The molecule has 0 atom stereocenters. The zero-order valence-corrected chi connectivity index (χ0v) is 19.1. The maximum absolute atomic E-state index is 13.0. The number of aryl methyl sites for hydroxylation is 2. The largest absolute Gasteiger partial charge is 0.507 e. The summed E-state index contributed by atoms with van der Waals surface area (Å²) in [6, 6.07) is 10.7. The summed E-state index contributed by atoms with van der Waals surface area (Å²) >= 11 is 0. The van der Waals surface area contributed by atoms with Gasteiger partial charge >= 0.3 is 0 Å². The zero-order chi connectivity index (χ0) is 22.7. The number of fused-ring (bicyclic) bond motifs is 2. The molecule has 4 heteroatoms.